The van der Waals surface area contributed by atoms with Gasteiger partial charge in [-0.05, 0) is 12.1 Å². The lowest BCUT2D eigenvalue weighted by Crippen LogP contribution is -1.84. The molecule has 3 rings (SSSR count). The molecule has 0 aliphatic rings. The zero-order valence-electron chi connectivity index (χ0n) is 9.91. The zero-order chi connectivity index (χ0) is 13.4. The molecular weight excluding hydrogens is 256 g/mol. The summed E-state index contributed by atoms with van der Waals surface area (Å²) in [5, 5.41) is 3.79. The van der Waals surface area contributed by atoms with Gasteiger partial charge in [0.25, 0.3) is 0 Å². The van der Waals surface area contributed by atoms with Gasteiger partial charge in [-0.1, -0.05) is 5.16 Å². The molecule has 0 aliphatic heterocycles. The third-order valence-electron chi connectivity index (χ3n) is 2.63. The summed E-state index contributed by atoms with van der Waals surface area (Å²) in [4.78, 5) is 6.84. The fraction of sp³-hybridized carbons (Fsp3) is 0.167. The van der Waals surface area contributed by atoms with Gasteiger partial charge in [-0.15, -0.1) is 0 Å². The zero-order valence-corrected chi connectivity index (χ0v) is 9.91. The monoisotopic (exact) mass is 265 g/mol. The molecule has 5 nitrogen and oxygen atoms in total. The fourth-order valence-corrected chi connectivity index (χ4v) is 1.77. The van der Waals surface area contributed by atoms with Crippen LogP contribution in [0.4, 0.5) is 8.78 Å². The summed E-state index contributed by atoms with van der Waals surface area (Å²) in [5.74, 6) is -1.10. The Bertz CT molecular complexity index is 736. The van der Waals surface area contributed by atoms with Crippen LogP contribution in [0.1, 0.15) is 5.76 Å². The number of methoxy groups -OCH3 is 1. The number of aromatic amines is 1. The Labute approximate surface area is 106 Å². The molecule has 98 valence electrons. The van der Waals surface area contributed by atoms with Crippen molar-refractivity contribution in [2.75, 3.05) is 7.11 Å². The van der Waals surface area contributed by atoms with Crippen molar-refractivity contribution in [3.63, 3.8) is 0 Å². The minimum atomic E-state index is -0.986. The number of hydrogen-bond acceptors (Lipinski definition) is 4. The van der Waals surface area contributed by atoms with Crippen molar-refractivity contribution >= 4 is 11.0 Å². The molecule has 0 spiro atoms. The lowest BCUT2D eigenvalue weighted by molar-refractivity contribution is 0.156. The Morgan fingerprint density at radius 2 is 2.21 bits per heavy atom. The number of ether oxygens (including phenoxy) is 1. The molecule has 0 fully saturated rings. The van der Waals surface area contributed by atoms with Crippen molar-refractivity contribution in [2.45, 2.75) is 6.61 Å². The predicted molar refractivity (Wildman–Crippen MR) is 62.2 cm³/mol. The fourth-order valence-electron chi connectivity index (χ4n) is 1.77. The van der Waals surface area contributed by atoms with Crippen molar-refractivity contribution in [1.29, 1.82) is 0 Å². The minimum absolute atomic E-state index is 0.0636. The van der Waals surface area contributed by atoms with Crippen molar-refractivity contribution in [3.8, 4) is 11.5 Å². The molecule has 0 amide bonds. The van der Waals surface area contributed by atoms with Gasteiger partial charge in [0.05, 0.1) is 5.52 Å². The maximum atomic E-state index is 13.5. The Hall–Kier alpha value is -2.28. The van der Waals surface area contributed by atoms with Crippen LogP contribution in [-0.4, -0.2) is 22.2 Å². The van der Waals surface area contributed by atoms with E-state index in [1.165, 1.54) is 13.2 Å². The quantitative estimate of drug-likeness (QED) is 0.790. The molecule has 0 bridgehead atoms. The highest BCUT2D eigenvalue weighted by Gasteiger charge is 2.15. The van der Waals surface area contributed by atoms with Gasteiger partial charge in [0.2, 0.25) is 0 Å². The van der Waals surface area contributed by atoms with Crippen LogP contribution >= 0.6 is 0 Å². The van der Waals surface area contributed by atoms with E-state index in [0.717, 1.165) is 6.07 Å². The lowest BCUT2D eigenvalue weighted by Gasteiger charge is -1.91. The van der Waals surface area contributed by atoms with Gasteiger partial charge in [0, 0.05) is 13.2 Å². The van der Waals surface area contributed by atoms with E-state index >= 15 is 0 Å². The third kappa shape index (κ3) is 1.97. The molecule has 0 saturated heterocycles. The minimum Gasteiger partial charge on any atom is -0.377 e. The first-order valence-corrected chi connectivity index (χ1v) is 5.47. The number of benzene rings is 1. The predicted octanol–water partition coefficient (Wildman–Crippen LogP) is 2.64. The highest BCUT2D eigenvalue weighted by Crippen LogP contribution is 2.23. The molecule has 19 heavy (non-hydrogen) atoms. The van der Waals surface area contributed by atoms with Crippen molar-refractivity contribution in [2.24, 2.45) is 0 Å². The van der Waals surface area contributed by atoms with E-state index < -0.39 is 11.6 Å². The highest BCUT2D eigenvalue weighted by atomic mass is 19.2. The molecule has 0 saturated carbocycles. The van der Waals surface area contributed by atoms with Gasteiger partial charge >= 0.3 is 0 Å². The van der Waals surface area contributed by atoms with Crippen LogP contribution in [0.5, 0.6) is 0 Å². The Balaban J connectivity index is 2.07. The SMILES string of the molecule is COCc1cc(-c2nc3c(F)c(F)ccc3[nH]2)no1. The van der Waals surface area contributed by atoms with Crippen molar-refractivity contribution in [3.05, 3.63) is 35.6 Å². The van der Waals surface area contributed by atoms with Crippen LogP contribution in [0.2, 0.25) is 0 Å². The highest BCUT2D eigenvalue weighted by molar-refractivity contribution is 5.79. The summed E-state index contributed by atoms with van der Waals surface area (Å²) in [7, 11) is 1.53. The normalized spacial score (nSPS) is 11.3. The van der Waals surface area contributed by atoms with E-state index in [1.54, 1.807) is 6.07 Å². The van der Waals surface area contributed by atoms with Crippen LogP contribution < -0.4 is 0 Å². The second-order valence-corrected chi connectivity index (χ2v) is 3.95. The average molecular weight is 265 g/mol. The van der Waals surface area contributed by atoms with Crippen molar-refractivity contribution < 1.29 is 18.0 Å². The second kappa shape index (κ2) is 4.43. The summed E-state index contributed by atoms with van der Waals surface area (Å²) >= 11 is 0. The number of imidazole rings is 1. The van der Waals surface area contributed by atoms with Gasteiger partial charge < -0.3 is 14.2 Å². The first kappa shape index (κ1) is 11.8. The van der Waals surface area contributed by atoms with Crippen LogP contribution in [0.15, 0.2) is 22.7 Å². The van der Waals surface area contributed by atoms with E-state index in [2.05, 4.69) is 15.1 Å². The lowest BCUT2D eigenvalue weighted by atomic mass is 10.3. The molecule has 2 heterocycles. The summed E-state index contributed by atoms with van der Waals surface area (Å²) in [5.41, 5.74) is 0.736. The van der Waals surface area contributed by atoms with Crippen LogP contribution in [0, 0.1) is 11.6 Å². The van der Waals surface area contributed by atoms with Gasteiger partial charge in [0.15, 0.2) is 23.2 Å². The topological polar surface area (TPSA) is 63.9 Å². The Morgan fingerprint density at radius 3 is 3.00 bits per heavy atom. The van der Waals surface area contributed by atoms with E-state index in [-0.39, 0.29) is 12.1 Å². The number of nitrogens with zero attached hydrogens (tertiary/aromatic N) is 2. The largest absolute Gasteiger partial charge is 0.377 e. The van der Waals surface area contributed by atoms with Crippen LogP contribution in [-0.2, 0) is 11.3 Å². The van der Waals surface area contributed by atoms with E-state index in [0.29, 0.717) is 22.8 Å². The average Bonchev–Trinajstić information content (AvgIpc) is 3.01. The second-order valence-electron chi connectivity index (χ2n) is 3.95. The molecule has 0 radical (unpaired) electrons. The van der Waals surface area contributed by atoms with Gasteiger partial charge in [-0.2, -0.15) is 0 Å². The molecule has 0 aliphatic carbocycles. The van der Waals surface area contributed by atoms with Crippen LogP contribution in [0.25, 0.3) is 22.6 Å². The number of aromatic nitrogens is 3. The Morgan fingerprint density at radius 1 is 1.37 bits per heavy atom. The summed E-state index contributed by atoms with van der Waals surface area (Å²) in [6.07, 6.45) is 0. The first-order chi connectivity index (χ1) is 9.19. The molecule has 3 aromatic rings. The Kier molecular flexibility index (Phi) is 2.75. The number of H-pyrrole nitrogens is 1. The number of rotatable bonds is 3. The number of hydrogen-bond donors (Lipinski definition) is 1. The van der Waals surface area contributed by atoms with E-state index in [9.17, 15) is 8.78 Å². The maximum Gasteiger partial charge on any atom is 0.186 e. The van der Waals surface area contributed by atoms with E-state index in [1.807, 2.05) is 0 Å². The van der Waals surface area contributed by atoms with Gasteiger partial charge in [0.1, 0.15) is 17.8 Å². The summed E-state index contributed by atoms with van der Waals surface area (Å²) in [6, 6.07) is 4.08. The first-order valence-electron chi connectivity index (χ1n) is 5.47. The summed E-state index contributed by atoms with van der Waals surface area (Å²) < 4.78 is 36.5. The smallest absolute Gasteiger partial charge is 0.186 e. The van der Waals surface area contributed by atoms with Crippen LogP contribution in [0.3, 0.4) is 0 Å². The number of nitrogens with one attached hydrogen (secondary N) is 1. The van der Waals surface area contributed by atoms with Gasteiger partial charge in [-0.3, -0.25) is 0 Å². The van der Waals surface area contributed by atoms with Crippen molar-refractivity contribution in [1.82, 2.24) is 15.1 Å². The molecule has 0 unspecified atom stereocenters. The molecule has 1 N–H and O–H groups in total. The molecule has 7 heteroatoms. The molecule has 0 atom stereocenters. The van der Waals surface area contributed by atoms with Gasteiger partial charge in [-0.25, -0.2) is 13.8 Å². The third-order valence-corrected chi connectivity index (χ3v) is 2.63. The van der Waals surface area contributed by atoms with E-state index in [4.69, 9.17) is 9.26 Å². The molecule has 1 aromatic carbocycles. The number of halogens is 2. The molecular formula is C12H9F2N3O2. The number of fused-ring (bicyclic) bond motifs is 1. The maximum absolute atomic E-state index is 13.5. The standard InChI is InChI=1S/C12H9F2N3O2/c1-18-5-6-4-9(17-19-6)12-15-8-3-2-7(13)10(14)11(8)16-12/h2-4H,5H2,1H3,(H,15,16). The summed E-state index contributed by atoms with van der Waals surface area (Å²) in [6.45, 7) is 0.274. The molecule has 2 aromatic heterocycles.